The Bertz CT molecular complexity index is 612. The summed E-state index contributed by atoms with van der Waals surface area (Å²) in [5, 5.41) is 17.9. The minimum Gasteiger partial charge on any atom is -0.855 e. The van der Waals surface area contributed by atoms with Gasteiger partial charge in [0.05, 0.1) is 0 Å². The van der Waals surface area contributed by atoms with Gasteiger partial charge in [-0.25, -0.2) is 0 Å². The quantitative estimate of drug-likeness (QED) is 0.597. The normalized spacial score (nSPS) is 20.4. The fourth-order valence-electron chi connectivity index (χ4n) is 3.81. The molecule has 0 aliphatic heterocycles. The van der Waals surface area contributed by atoms with Crippen molar-refractivity contribution >= 4 is 0 Å². The van der Waals surface area contributed by atoms with Gasteiger partial charge in [-0.05, 0) is 0 Å². The van der Waals surface area contributed by atoms with E-state index in [0.717, 1.165) is 0 Å². The van der Waals surface area contributed by atoms with Crippen LogP contribution in [0.25, 0.3) is 0 Å². The number of hydrogen-bond donors (Lipinski definition) is 0. The molecule has 2 aliphatic rings. The van der Waals surface area contributed by atoms with E-state index in [-0.39, 0.29) is 43.2 Å². The van der Waals surface area contributed by atoms with E-state index in [9.17, 15) is 0 Å². The van der Waals surface area contributed by atoms with Crippen molar-refractivity contribution in [1.29, 1.82) is 0 Å². The zero-order valence-electron chi connectivity index (χ0n) is 19.7. The van der Waals surface area contributed by atoms with Crippen LogP contribution in [0.2, 0.25) is 0 Å². The van der Waals surface area contributed by atoms with Crippen LogP contribution in [-0.4, -0.2) is 13.2 Å². The molecule has 0 aromatic rings. The average molecular weight is 408 g/mol. The number of allylic oxidation sites excluding steroid dienone is 8. The van der Waals surface area contributed by atoms with Crippen LogP contribution < -0.4 is 10.2 Å². The molecule has 0 aromatic carbocycles. The Morgan fingerprint density at radius 3 is 0.963 bits per heavy atom. The van der Waals surface area contributed by atoms with Gasteiger partial charge in [-0.2, -0.15) is 0 Å². The molecule has 2 aliphatic carbocycles. The third-order valence-corrected chi connectivity index (χ3v) is 10.3. The average Bonchev–Trinajstić information content (AvgIpc) is 2.81. The Kier molecular flexibility index (Phi) is 10.2. The van der Waals surface area contributed by atoms with Crippen molar-refractivity contribution in [1.82, 2.24) is 0 Å². The molecule has 3 heteroatoms. The van der Waals surface area contributed by atoms with E-state index in [2.05, 4.69) is 69.2 Å². The maximum atomic E-state index is 8.93. The van der Waals surface area contributed by atoms with Crippen LogP contribution in [0.15, 0.2) is 41.2 Å². The van der Waals surface area contributed by atoms with E-state index in [1.54, 1.807) is 43.9 Å². The summed E-state index contributed by atoms with van der Waals surface area (Å²) in [7, 11) is 0. The molecular weight excluding hydrogens is 368 g/mol. The van der Waals surface area contributed by atoms with Crippen molar-refractivity contribution in [3.05, 3.63) is 41.2 Å². The Balaban J connectivity index is 0.000000997. The molecule has 0 saturated carbocycles. The second-order valence-electron chi connectivity index (χ2n) is 8.45. The minimum atomic E-state index is -0.239. The topological polar surface area (TPSA) is 46.1 Å². The molecule has 27 heavy (non-hydrogen) atoms. The summed E-state index contributed by atoms with van der Waals surface area (Å²) in [6.07, 6.45) is 0. The maximum Gasteiger partial charge on any atom is -0.0809 e. The first kappa shape index (κ1) is 26.6. The fourth-order valence-corrected chi connectivity index (χ4v) is 6.94. The van der Waals surface area contributed by atoms with Crippen molar-refractivity contribution < 1.29 is 29.4 Å². The van der Waals surface area contributed by atoms with Gasteiger partial charge in [-0.1, -0.05) is 13.8 Å². The predicted octanol–water partition coefficient (Wildman–Crippen LogP) is 5.10. The monoisotopic (exact) mass is 408 g/mol. The molecule has 0 N–H and O–H groups in total. The van der Waals surface area contributed by atoms with Gasteiger partial charge in [0.25, 0.3) is 0 Å². The molecule has 2 rings (SSSR count). The Labute approximate surface area is 177 Å². The van der Waals surface area contributed by atoms with Crippen molar-refractivity contribution in [3.8, 4) is 0 Å². The molecule has 0 heterocycles. The van der Waals surface area contributed by atoms with E-state index < -0.39 is 0 Å². The second-order valence-corrected chi connectivity index (χ2v) is 10.4. The van der Waals surface area contributed by atoms with Crippen LogP contribution in [0.4, 0.5) is 0 Å². The summed E-state index contributed by atoms with van der Waals surface area (Å²) < 4.78 is 3.50. The molecule has 0 atom stereocenters. The van der Waals surface area contributed by atoms with Gasteiger partial charge >= 0.3 is 140 Å². The summed E-state index contributed by atoms with van der Waals surface area (Å²) in [5.41, 5.74) is 9.92. The van der Waals surface area contributed by atoms with Gasteiger partial charge in [0, 0.05) is 0 Å². The maximum absolute atomic E-state index is 8.93. The van der Waals surface area contributed by atoms with Crippen molar-refractivity contribution in [2.24, 2.45) is 10.8 Å². The molecule has 0 bridgehead atoms. The summed E-state index contributed by atoms with van der Waals surface area (Å²) in [6.45, 7) is 26.8. The second kappa shape index (κ2) is 10.4. The first-order chi connectivity index (χ1) is 12.3. The van der Waals surface area contributed by atoms with Crippen LogP contribution in [0.1, 0.15) is 83.1 Å². The molecule has 0 amide bonds. The third-order valence-electron chi connectivity index (χ3n) is 6.38. The molecule has 0 fully saturated rings. The molecule has 152 valence electrons. The molecular formula is C24H40O2Ti. The standard InChI is InChI=1S/2C10H15.2C2H5O.Ti/c2*1-7-6-10(4,5)9(3)8(7)2;2*1-2-3;/h2*1-5H3;2*2H2,1H3;/q;;2*-1;+2. The zero-order chi connectivity index (χ0) is 21.7. The van der Waals surface area contributed by atoms with Crippen molar-refractivity contribution in [3.63, 3.8) is 0 Å². The number of rotatable bonds is 2. The molecule has 0 saturated heterocycles. The van der Waals surface area contributed by atoms with Crippen LogP contribution in [0.5, 0.6) is 0 Å². The van der Waals surface area contributed by atoms with E-state index in [1.165, 1.54) is 11.1 Å². The van der Waals surface area contributed by atoms with E-state index in [1.807, 2.05) is 0 Å². The summed E-state index contributed by atoms with van der Waals surface area (Å²) in [5.74, 6) is 0. The van der Waals surface area contributed by atoms with Crippen LogP contribution in [0.3, 0.4) is 0 Å². The van der Waals surface area contributed by atoms with Gasteiger partial charge in [0.1, 0.15) is 0 Å². The SMILES string of the molecule is CC1=C(C)C(C)(C)[C]([Ti+2][C]2=C(C)C(C)=C(C)C2(C)C)=C1C.CC[O-].CC[O-]. The minimum absolute atomic E-state index is 0. The van der Waals surface area contributed by atoms with E-state index in [4.69, 9.17) is 10.2 Å². The Morgan fingerprint density at radius 1 is 0.593 bits per heavy atom. The van der Waals surface area contributed by atoms with Gasteiger partial charge in [0.15, 0.2) is 0 Å². The fraction of sp³-hybridized carbons (Fsp3) is 0.667. The summed E-state index contributed by atoms with van der Waals surface area (Å²) >= 11 is -0.239. The smallest absolute Gasteiger partial charge is 0.0809 e. The van der Waals surface area contributed by atoms with Gasteiger partial charge in [-0.15, -0.1) is 13.2 Å². The van der Waals surface area contributed by atoms with Gasteiger partial charge in [0.2, 0.25) is 0 Å². The van der Waals surface area contributed by atoms with Crippen LogP contribution in [0, 0.1) is 10.8 Å². The predicted molar refractivity (Wildman–Crippen MR) is 111 cm³/mol. The molecule has 0 spiro atoms. The first-order valence-electron chi connectivity index (χ1n) is 9.99. The van der Waals surface area contributed by atoms with Crippen LogP contribution in [-0.2, 0) is 19.2 Å². The molecule has 2 nitrogen and oxygen atoms in total. The van der Waals surface area contributed by atoms with Crippen molar-refractivity contribution in [2.75, 3.05) is 13.2 Å². The summed E-state index contributed by atoms with van der Waals surface area (Å²) in [4.78, 5) is 0. The third kappa shape index (κ3) is 5.35. The molecule has 0 unspecified atom stereocenters. The first-order valence-corrected chi connectivity index (χ1v) is 11.6. The van der Waals surface area contributed by atoms with E-state index >= 15 is 0 Å². The van der Waals surface area contributed by atoms with Crippen molar-refractivity contribution in [2.45, 2.75) is 83.1 Å². The van der Waals surface area contributed by atoms with Crippen LogP contribution >= 0.6 is 0 Å². The van der Waals surface area contributed by atoms with Gasteiger partial charge < -0.3 is 10.2 Å². The van der Waals surface area contributed by atoms with E-state index in [0.29, 0.717) is 0 Å². The Morgan fingerprint density at radius 2 is 0.815 bits per heavy atom. The summed E-state index contributed by atoms with van der Waals surface area (Å²) in [6, 6.07) is 0. The molecule has 0 radical (unpaired) electrons. The van der Waals surface area contributed by atoms with Gasteiger partial charge in [-0.3, -0.25) is 0 Å². The number of hydrogen-bond acceptors (Lipinski definition) is 2. The Hall–Kier alpha value is -0.406. The largest absolute Gasteiger partial charge is 0.855 e. The zero-order valence-corrected chi connectivity index (χ0v) is 21.3. The molecule has 0 aromatic heterocycles.